The summed E-state index contributed by atoms with van der Waals surface area (Å²) in [6.45, 7) is 6.06. The van der Waals surface area contributed by atoms with Crippen molar-refractivity contribution in [3.63, 3.8) is 0 Å². The molecule has 0 spiro atoms. The molecule has 0 aromatic heterocycles. The fourth-order valence-electron chi connectivity index (χ4n) is 2.83. The maximum Gasteiger partial charge on any atom is 0.00952 e. The molecule has 1 rings (SSSR count). The molecule has 17 heavy (non-hydrogen) atoms. The van der Waals surface area contributed by atoms with E-state index < -0.39 is 0 Å². The number of hydrogen-bond donors (Lipinski definition) is 1. The highest BCUT2D eigenvalue weighted by atomic mass is 32.2. The molecule has 0 aliphatic heterocycles. The molecule has 0 radical (unpaired) electrons. The molecule has 1 N–H and O–H groups in total. The fourth-order valence-corrected chi connectivity index (χ4v) is 3.32. The van der Waals surface area contributed by atoms with Crippen molar-refractivity contribution in [3.05, 3.63) is 0 Å². The third kappa shape index (κ3) is 6.71. The predicted molar refractivity (Wildman–Crippen MR) is 80.8 cm³/mol. The van der Waals surface area contributed by atoms with Crippen molar-refractivity contribution in [2.75, 3.05) is 18.6 Å². The molecule has 3 unspecified atom stereocenters. The van der Waals surface area contributed by atoms with Crippen molar-refractivity contribution < 1.29 is 0 Å². The summed E-state index contributed by atoms with van der Waals surface area (Å²) >= 11 is 1.97. The van der Waals surface area contributed by atoms with Gasteiger partial charge in [-0.25, -0.2) is 0 Å². The van der Waals surface area contributed by atoms with E-state index in [4.69, 9.17) is 0 Å². The van der Waals surface area contributed by atoms with Crippen molar-refractivity contribution in [2.45, 2.75) is 64.8 Å². The van der Waals surface area contributed by atoms with E-state index in [1.807, 2.05) is 11.8 Å². The van der Waals surface area contributed by atoms with E-state index in [2.05, 4.69) is 25.4 Å². The number of hydrogen-bond acceptors (Lipinski definition) is 2. The number of thioether (sulfide) groups is 1. The maximum atomic E-state index is 3.79. The Morgan fingerprint density at radius 1 is 1.06 bits per heavy atom. The number of unbranched alkanes of at least 4 members (excludes halogenated alkanes) is 3. The van der Waals surface area contributed by atoms with Crippen molar-refractivity contribution in [2.24, 2.45) is 11.8 Å². The van der Waals surface area contributed by atoms with Gasteiger partial charge in [0.15, 0.2) is 0 Å². The van der Waals surface area contributed by atoms with Gasteiger partial charge in [-0.3, -0.25) is 0 Å². The summed E-state index contributed by atoms with van der Waals surface area (Å²) in [5, 5.41) is 3.79. The van der Waals surface area contributed by atoms with E-state index in [1.54, 1.807) is 0 Å². The summed E-state index contributed by atoms with van der Waals surface area (Å²) in [5.41, 5.74) is 0. The monoisotopic (exact) mass is 257 g/mol. The van der Waals surface area contributed by atoms with E-state index in [1.165, 1.54) is 57.2 Å². The molecule has 2 heteroatoms. The first-order chi connectivity index (χ1) is 8.24. The van der Waals surface area contributed by atoms with Crippen LogP contribution in [0.5, 0.6) is 0 Å². The molecule has 1 aliphatic rings. The van der Waals surface area contributed by atoms with Crippen molar-refractivity contribution in [3.8, 4) is 0 Å². The van der Waals surface area contributed by atoms with Gasteiger partial charge in [0.25, 0.3) is 0 Å². The topological polar surface area (TPSA) is 12.0 Å². The third-order valence-corrected chi connectivity index (χ3v) is 4.84. The molecule has 0 amide bonds. The van der Waals surface area contributed by atoms with Crippen LogP contribution in [-0.4, -0.2) is 24.6 Å². The Morgan fingerprint density at radius 2 is 1.82 bits per heavy atom. The normalized spacial score (nSPS) is 29.5. The molecule has 102 valence electrons. The van der Waals surface area contributed by atoms with Crippen LogP contribution < -0.4 is 5.32 Å². The second kappa shape index (κ2) is 9.27. The standard InChI is InChI=1S/C15H31NS/c1-13-8-9-14(2)15(12-13)16-10-6-4-5-7-11-17-3/h13-16H,4-12H2,1-3H3. The summed E-state index contributed by atoms with van der Waals surface area (Å²) in [6.07, 6.45) is 12.1. The van der Waals surface area contributed by atoms with Gasteiger partial charge in [0, 0.05) is 6.04 Å². The molecule has 1 saturated carbocycles. The Morgan fingerprint density at radius 3 is 2.59 bits per heavy atom. The summed E-state index contributed by atoms with van der Waals surface area (Å²) in [5.74, 6) is 3.16. The molecule has 0 aromatic carbocycles. The van der Waals surface area contributed by atoms with Gasteiger partial charge in [0.2, 0.25) is 0 Å². The molecular weight excluding hydrogens is 226 g/mol. The minimum Gasteiger partial charge on any atom is -0.314 e. The molecule has 1 nitrogen and oxygen atoms in total. The lowest BCUT2D eigenvalue weighted by atomic mass is 9.80. The lowest BCUT2D eigenvalue weighted by molar-refractivity contribution is 0.228. The second-order valence-corrected chi connectivity index (χ2v) is 6.85. The Bertz CT molecular complexity index is 184. The predicted octanol–water partition coefficient (Wildman–Crippen LogP) is 4.32. The van der Waals surface area contributed by atoms with E-state index in [0.717, 1.165) is 17.9 Å². The zero-order valence-electron chi connectivity index (χ0n) is 12.0. The van der Waals surface area contributed by atoms with E-state index in [-0.39, 0.29) is 0 Å². The van der Waals surface area contributed by atoms with Gasteiger partial charge in [-0.1, -0.05) is 33.1 Å². The first-order valence-electron chi connectivity index (χ1n) is 7.46. The highest BCUT2D eigenvalue weighted by Crippen LogP contribution is 2.28. The first kappa shape index (κ1) is 15.4. The number of rotatable bonds is 8. The molecule has 0 heterocycles. The Balaban J connectivity index is 1.97. The minimum absolute atomic E-state index is 0.796. The summed E-state index contributed by atoms with van der Waals surface area (Å²) in [4.78, 5) is 0. The molecule has 1 fully saturated rings. The highest BCUT2D eigenvalue weighted by Gasteiger charge is 2.24. The lowest BCUT2D eigenvalue weighted by Crippen LogP contribution is -2.39. The average molecular weight is 257 g/mol. The summed E-state index contributed by atoms with van der Waals surface area (Å²) in [7, 11) is 0. The quantitative estimate of drug-likeness (QED) is 0.650. The zero-order chi connectivity index (χ0) is 12.5. The smallest absolute Gasteiger partial charge is 0.00952 e. The van der Waals surface area contributed by atoms with Crippen LogP contribution in [0.3, 0.4) is 0 Å². The molecule has 0 bridgehead atoms. The van der Waals surface area contributed by atoms with E-state index >= 15 is 0 Å². The molecule has 0 aromatic rings. The first-order valence-corrected chi connectivity index (χ1v) is 8.85. The van der Waals surface area contributed by atoms with Gasteiger partial charge in [-0.15, -0.1) is 0 Å². The van der Waals surface area contributed by atoms with Gasteiger partial charge in [0.05, 0.1) is 0 Å². The molecular formula is C15H31NS. The van der Waals surface area contributed by atoms with E-state index in [9.17, 15) is 0 Å². The van der Waals surface area contributed by atoms with Crippen LogP contribution in [0.1, 0.15) is 58.8 Å². The summed E-state index contributed by atoms with van der Waals surface area (Å²) < 4.78 is 0. The Labute approximate surface area is 113 Å². The zero-order valence-corrected chi connectivity index (χ0v) is 12.8. The van der Waals surface area contributed by atoms with Gasteiger partial charge < -0.3 is 5.32 Å². The van der Waals surface area contributed by atoms with Crippen molar-refractivity contribution in [1.29, 1.82) is 0 Å². The summed E-state index contributed by atoms with van der Waals surface area (Å²) in [6, 6.07) is 0.796. The van der Waals surface area contributed by atoms with Crippen LogP contribution in [0.15, 0.2) is 0 Å². The fraction of sp³-hybridized carbons (Fsp3) is 1.00. The molecule has 0 saturated heterocycles. The maximum absolute atomic E-state index is 3.79. The SMILES string of the molecule is CSCCCCCCNC1CC(C)CCC1C. The van der Waals surface area contributed by atoms with Gasteiger partial charge in [-0.2, -0.15) is 11.8 Å². The van der Waals surface area contributed by atoms with Crippen LogP contribution >= 0.6 is 11.8 Å². The van der Waals surface area contributed by atoms with Gasteiger partial charge in [0.1, 0.15) is 0 Å². The Hall–Kier alpha value is 0.310. The van der Waals surface area contributed by atoms with Crippen LogP contribution in [0.2, 0.25) is 0 Å². The van der Waals surface area contributed by atoms with Crippen LogP contribution in [0.4, 0.5) is 0 Å². The van der Waals surface area contributed by atoms with Crippen molar-refractivity contribution in [1.82, 2.24) is 5.32 Å². The molecule has 1 aliphatic carbocycles. The van der Waals surface area contributed by atoms with Crippen molar-refractivity contribution >= 4 is 11.8 Å². The Kier molecular flexibility index (Phi) is 8.38. The largest absolute Gasteiger partial charge is 0.314 e. The van der Waals surface area contributed by atoms with Crippen LogP contribution in [0, 0.1) is 11.8 Å². The third-order valence-electron chi connectivity index (χ3n) is 4.14. The van der Waals surface area contributed by atoms with E-state index in [0.29, 0.717) is 0 Å². The minimum atomic E-state index is 0.796. The second-order valence-electron chi connectivity index (χ2n) is 5.86. The number of nitrogens with one attached hydrogen (secondary N) is 1. The lowest BCUT2D eigenvalue weighted by Gasteiger charge is -2.33. The van der Waals surface area contributed by atoms with Gasteiger partial charge >= 0.3 is 0 Å². The van der Waals surface area contributed by atoms with Crippen LogP contribution in [0.25, 0.3) is 0 Å². The van der Waals surface area contributed by atoms with Crippen LogP contribution in [-0.2, 0) is 0 Å². The average Bonchev–Trinajstić information content (AvgIpc) is 2.32. The highest BCUT2D eigenvalue weighted by molar-refractivity contribution is 7.98. The molecule has 3 atom stereocenters. The van der Waals surface area contributed by atoms with Gasteiger partial charge in [-0.05, 0) is 56.1 Å².